The van der Waals surface area contributed by atoms with Crippen LogP contribution in [0.5, 0.6) is 0 Å². The molecule has 0 spiro atoms. The number of hydrogen-bond acceptors (Lipinski definition) is 18. The van der Waals surface area contributed by atoms with Gasteiger partial charge in [-0.2, -0.15) is 13.5 Å². The van der Waals surface area contributed by atoms with Gasteiger partial charge in [0.15, 0.2) is 10.8 Å². The lowest BCUT2D eigenvalue weighted by atomic mass is 9.39. The third-order valence-electron chi connectivity index (χ3n) is 20.6. The summed E-state index contributed by atoms with van der Waals surface area (Å²) in [7, 11) is -2.48. The van der Waals surface area contributed by atoms with Crippen LogP contribution in [-0.2, 0) is 80.8 Å². The van der Waals surface area contributed by atoms with E-state index in [1.807, 2.05) is 65.0 Å². The average Bonchev–Trinajstić information content (AvgIpc) is 1.64. The second kappa shape index (κ2) is 31.6. The van der Waals surface area contributed by atoms with Gasteiger partial charge >= 0.3 is 12.1 Å². The van der Waals surface area contributed by atoms with Crippen LogP contribution >= 0.6 is 11.3 Å². The Morgan fingerprint density at radius 2 is 1.53 bits per heavy atom. The predicted octanol–water partition coefficient (Wildman–Crippen LogP) is 10.1. The number of hydrogen-bond donors (Lipinski definition) is 6. The molecule has 550 valence electrons. The number of imide groups is 1. The van der Waals surface area contributed by atoms with Crippen molar-refractivity contribution in [2.45, 2.75) is 169 Å². The maximum absolute atomic E-state index is 13.8. The number of pyridine rings is 1. The van der Waals surface area contributed by atoms with Crippen LogP contribution in [0.1, 0.15) is 160 Å². The number of carboxylic acid groups (broad SMARTS) is 1. The van der Waals surface area contributed by atoms with E-state index in [9.17, 15) is 51.9 Å². The lowest BCUT2D eigenvalue weighted by Gasteiger charge is -2.69. The SMILES string of the molecule is Cc1c(-c2ccc(N3CCc4cccc(C(=O)Nc5nc6ccccc6s5)c4C3)nc2C(=O)O)cnn1CC12CC3(C)CC(C)(C1)CC(OCCN(C)C(=O)OCc1ccc(NC(=O)[C@H](C)NC(=O)[C@@H](NC(=O)CCCCCN4C(=O)C=CC4=O)C(C)C)cc1CCCOCCCS(=O)(=O)O)(C3)C2. The first-order valence-corrected chi connectivity index (χ1v) is 37.8. The van der Waals surface area contributed by atoms with Gasteiger partial charge in [0.2, 0.25) is 17.7 Å². The minimum absolute atomic E-state index is 0.0213. The van der Waals surface area contributed by atoms with Gasteiger partial charge in [-0.1, -0.05) is 75.8 Å². The summed E-state index contributed by atoms with van der Waals surface area (Å²) in [5, 5.41) is 27.6. The van der Waals surface area contributed by atoms with Crippen LogP contribution in [0.3, 0.4) is 0 Å². The van der Waals surface area contributed by atoms with E-state index < -0.39 is 57.4 Å². The van der Waals surface area contributed by atoms with E-state index in [1.54, 1.807) is 51.4 Å². The maximum atomic E-state index is 13.8. The number of carboxylic acids is 1. The lowest BCUT2D eigenvalue weighted by molar-refractivity contribution is -0.248. The van der Waals surface area contributed by atoms with Crippen LogP contribution in [0.2, 0.25) is 0 Å². The summed E-state index contributed by atoms with van der Waals surface area (Å²) in [6, 6.07) is 20.3. The van der Waals surface area contributed by atoms with Crippen LogP contribution in [0.25, 0.3) is 21.3 Å². The molecule has 0 radical (unpaired) electrons. The van der Waals surface area contributed by atoms with Crippen molar-refractivity contribution in [3.05, 3.63) is 130 Å². The number of unbranched alkanes of at least 4 members (excludes halogenated alkanes) is 2. The van der Waals surface area contributed by atoms with E-state index in [0.29, 0.717) is 97.0 Å². The summed E-state index contributed by atoms with van der Waals surface area (Å²) in [6.07, 6.45) is 12.5. The van der Waals surface area contributed by atoms with Crippen LogP contribution in [-0.4, -0.2) is 165 Å². The summed E-state index contributed by atoms with van der Waals surface area (Å²) in [5.41, 5.74) is 6.20. The lowest BCUT2D eigenvalue weighted by Crippen LogP contribution is -2.64. The molecule has 4 fully saturated rings. The van der Waals surface area contributed by atoms with Crippen LogP contribution in [0.4, 0.5) is 21.4 Å². The number of aromatic carboxylic acids is 1. The van der Waals surface area contributed by atoms with Crippen LogP contribution in [0.15, 0.2) is 91.1 Å². The standard InChI is InChI=1S/C75H93N11O15S2/c1-47(2)64(81-61(87)21-9-8-12-29-85-62(88)26-27-63(85)89)68(92)77-48(3)66(90)78-53-23-22-52(51(36-53)17-14-32-99-33-15-35-103(96,97)98)39-100-71(95)83(7)31-34-101-75-43-72(5)40-73(6,44-75)42-74(41-72,45-75)46-86-49(4)56(37-76-86)54-24-25-60(80-65(54)69(93)94)84-30-28-50-16-13-18-55(57(50)38-84)67(91)82-70-79-58-19-10-11-20-59(58)102-70/h10-11,13,16,18-20,22-27,36-37,47-48,64H,8-9,12,14-15,17,21,28-35,38-46H2,1-7H3,(H,77,92)(H,78,90)(H,81,87)(H,93,94)(H,79,82,91)(H,96,97,98)/t48-,64-,72?,73?,74?,75?/m0/s1. The molecule has 4 saturated carbocycles. The molecule has 26 nitrogen and oxygen atoms in total. The van der Waals surface area contributed by atoms with Crippen molar-refractivity contribution in [1.29, 1.82) is 0 Å². The van der Waals surface area contributed by atoms with E-state index in [4.69, 9.17) is 28.8 Å². The smallest absolute Gasteiger partial charge is 0.409 e. The average molecular weight is 1450 g/mol. The minimum atomic E-state index is -4.14. The van der Waals surface area contributed by atoms with Gasteiger partial charge in [-0.05, 0) is 178 Å². The molecule has 2 aliphatic heterocycles. The molecule has 3 aromatic heterocycles. The zero-order valence-electron chi connectivity index (χ0n) is 59.5. The monoisotopic (exact) mass is 1450 g/mol. The van der Waals surface area contributed by atoms with E-state index in [2.05, 4.69) is 40.1 Å². The van der Waals surface area contributed by atoms with Gasteiger partial charge < -0.3 is 45.1 Å². The van der Waals surface area contributed by atoms with Crippen molar-refractivity contribution in [2.24, 2.45) is 22.2 Å². The number of thiazole rings is 1. The Kier molecular flexibility index (Phi) is 23.0. The zero-order valence-corrected chi connectivity index (χ0v) is 61.1. The van der Waals surface area contributed by atoms with Gasteiger partial charge in [-0.15, -0.1) is 0 Å². The van der Waals surface area contributed by atoms with Crippen LogP contribution in [0, 0.1) is 29.1 Å². The van der Waals surface area contributed by atoms with Crippen molar-refractivity contribution >= 4 is 95.8 Å². The van der Waals surface area contributed by atoms with Crippen molar-refractivity contribution < 1.29 is 70.6 Å². The molecule has 28 heteroatoms. The normalized spacial score (nSPS) is 21.0. The highest BCUT2D eigenvalue weighted by molar-refractivity contribution is 7.85. The molecule has 4 aliphatic carbocycles. The number of carbonyl (C=O) groups is 8. The van der Waals surface area contributed by atoms with Gasteiger partial charge in [-0.25, -0.2) is 19.6 Å². The van der Waals surface area contributed by atoms with E-state index in [1.165, 1.54) is 35.3 Å². The first-order chi connectivity index (χ1) is 49.0. The number of ether oxygens (including phenoxy) is 3. The number of likely N-dealkylation sites (N-methyl/N-ethyl adjacent to an activating group) is 1. The molecular formula is C75H93N11O15S2. The van der Waals surface area contributed by atoms with E-state index >= 15 is 0 Å². The minimum Gasteiger partial charge on any atom is -0.476 e. The summed E-state index contributed by atoms with van der Waals surface area (Å²) in [6.45, 7) is 14.3. The predicted molar refractivity (Wildman–Crippen MR) is 388 cm³/mol. The second-order valence-corrected chi connectivity index (χ2v) is 32.3. The first-order valence-electron chi connectivity index (χ1n) is 35.4. The van der Waals surface area contributed by atoms with Crippen molar-refractivity contribution in [2.75, 3.05) is 67.8 Å². The number of fused-ring (bicyclic) bond motifs is 2. The Labute approximate surface area is 603 Å². The van der Waals surface area contributed by atoms with Gasteiger partial charge in [0, 0.05) is 99.6 Å². The van der Waals surface area contributed by atoms with Crippen molar-refractivity contribution in [3.8, 4) is 11.1 Å². The number of amides is 7. The van der Waals surface area contributed by atoms with Crippen molar-refractivity contribution in [1.82, 2.24) is 40.2 Å². The fraction of sp³-hybridized carbons (Fsp3) is 0.507. The van der Waals surface area contributed by atoms with E-state index in [0.717, 1.165) is 76.0 Å². The van der Waals surface area contributed by atoms with Gasteiger partial charge in [0.25, 0.3) is 27.8 Å². The first kappa shape index (κ1) is 75.2. The summed E-state index contributed by atoms with van der Waals surface area (Å²) in [4.78, 5) is 119. The topological polar surface area (TPSA) is 340 Å². The largest absolute Gasteiger partial charge is 0.476 e. The number of aromatic nitrogens is 4. The Morgan fingerprint density at radius 3 is 2.26 bits per heavy atom. The summed E-state index contributed by atoms with van der Waals surface area (Å²) >= 11 is 1.41. The fourth-order valence-electron chi connectivity index (χ4n) is 16.8. The summed E-state index contributed by atoms with van der Waals surface area (Å²) < 4.78 is 53.3. The van der Waals surface area contributed by atoms with Crippen LogP contribution < -0.4 is 26.2 Å². The Bertz CT molecular complexity index is 4310. The third-order valence-corrected chi connectivity index (χ3v) is 22.3. The second-order valence-electron chi connectivity index (χ2n) is 29.7. The highest BCUT2D eigenvalue weighted by atomic mass is 32.2. The highest BCUT2D eigenvalue weighted by Crippen LogP contribution is 2.72. The van der Waals surface area contributed by atoms with Gasteiger partial charge in [0.05, 0.1) is 34.4 Å². The molecule has 4 atom stereocenters. The van der Waals surface area contributed by atoms with Gasteiger partial charge in [-0.3, -0.25) is 48.2 Å². The highest BCUT2D eigenvalue weighted by Gasteiger charge is 2.66. The molecule has 3 aromatic carbocycles. The molecule has 6 aromatic rings. The zero-order chi connectivity index (χ0) is 73.6. The molecular weight excluding hydrogens is 1360 g/mol. The number of carbonyl (C=O) groups excluding carboxylic acids is 7. The molecule has 5 heterocycles. The number of para-hydroxylation sites is 1. The van der Waals surface area contributed by atoms with Crippen molar-refractivity contribution in [3.63, 3.8) is 0 Å². The number of aryl methyl sites for hydroxylation is 1. The number of nitrogens with one attached hydrogen (secondary N) is 4. The Morgan fingerprint density at radius 1 is 0.786 bits per heavy atom. The number of benzene rings is 3. The molecule has 4 bridgehead atoms. The number of anilines is 3. The maximum Gasteiger partial charge on any atom is 0.409 e. The van der Waals surface area contributed by atoms with Gasteiger partial charge in [0.1, 0.15) is 24.5 Å². The third kappa shape index (κ3) is 18.3. The van der Waals surface area contributed by atoms with E-state index in [-0.39, 0.29) is 104 Å². The molecule has 6 N–H and O–H groups in total. The molecule has 12 rings (SSSR count). The molecule has 2 unspecified atom stereocenters. The Balaban J connectivity index is 0.689. The Hall–Kier alpha value is -8.96. The fourth-order valence-corrected chi connectivity index (χ4v) is 18.2. The molecule has 0 saturated heterocycles. The quantitative estimate of drug-likeness (QED) is 0.0127. The molecule has 103 heavy (non-hydrogen) atoms. The number of rotatable bonds is 33. The molecule has 7 amide bonds. The number of nitrogens with zero attached hydrogens (tertiary/aromatic N) is 7. The summed E-state index contributed by atoms with van der Waals surface area (Å²) in [5.74, 6) is -3.84. The molecule has 6 aliphatic rings.